The van der Waals surface area contributed by atoms with Crippen LogP contribution in [0.3, 0.4) is 0 Å². The number of aliphatic hydroxyl groups excluding tert-OH is 2. The highest BCUT2D eigenvalue weighted by Gasteiger charge is 2.52. The Hall–Kier alpha value is -2.57. The summed E-state index contributed by atoms with van der Waals surface area (Å²) >= 11 is 0. The molecule has 4 atom stereocenters. The summed E-state index contributed by atoms with van der Waals surface area (Å²) in [5, 5.41) is 20.1. The summed E-state index contributed by atoms with van der Waals surface area (Å²) in [6, 6.07) is 0. The number of carbonyl (C=O) groups is 5. The molecular formula is C13H14N2O10. The number of amides is 3. The van der Waals surface area contributed by atoms with E-state index < -0.39 is 48.1 Å². The van der Waals surface area contributed by atoms with Crippen LogP contribution in [0.5, 0.6) is 0 Å². The summed E-state index contributed by atoms with van der Waals surface area (Å²) in [4.78, 5) is 66.8. The molecule has 0 bridgehead atoms. The monoisotopic (exact) mass is 358 g/mol. The average Bonchev–Trinajstić information content (AvgIpc) is 3.31. The van der Waals surface area contributed by atoms with Crippen LogP contribution in [-0.2, 0) is 38.4 Å². The van der Waals surface area contributed by atoms with Crippen LogP contribution in [0, 0.1) is 0 Å². The van der Waals surface area contributed by atoms with Gasteiger partial charge in [0.15, 0.2) is 18.4 Å². The van der Waals surface area contributed by atoms with Crippen LogP contribution in [-0.4, -0.2) is 74.5 Å². The number of carbonyl (C=O) groups excluding carboxylic acids is 5. The van der Waals surface area contributed by atoms with Crippen LogP contribution in [0.15, 0.2) is 0 Å². The molecule has 3 heterocycles. The number of ether oxygens (including phenoxy) is 1. The van der Waals surface area contributed by atoms with E-state index in [4.69, 9.17) is 4.74 Å². The van der Waals surface area contributed by atoms with Gasteiger partial charge in [-0.3, -0.25) is 14.4 Å². The number of hydrogen-bond acceptors (Lipinski definition) is 10. The lowest BCUT2D eigenvalue weighted by molar-refractivity contribution is -0.223. The zero-order valence-electron chi connectivity index (χ0n) is 12.7. The third-order valence-corrected chi connectivity index (χ3v) is 3.83. The second-order valence-electron chi connectivity index (χ2n) is 5.62. The summed E-state index contributed by atoms with van der Waals surface area (Å²) < 4.78 is 5.07. The van der Waals surface area contributed by atoms with Gasteiger partial charge in [-0.15, -0.1) is 10.1 Å². The van der Waals surface area contributed by atoms with Crippen LogP contribution in [0.25, 0.3) is 0 Å². The van der Waals surface area contributed by atoms with E-state index in [-0.39, 0.29) is 30.4 Å². The van der Waals surface area contributed by atoms with Crippen molar-refractivity contribution in [2.75, 3.05) is 0 Å². The van der Waals surface area contributed by atoms with E-state index in [1.165, 1.54) is 0 Å². The molecule has 3 aliphatic heterocycles. The maximum absolute atomic E-state index is 11.8. The molecular weight excluding hydrogens is 344 g/mol. The van der Waals surface area contributed by atoms with Gasteiger partial charge >= 0.3 is 11.9 Å². The zero-order valence-corrected chi connectivity index (χ0v) is 12.7. The molecule has 4 unspecified atom stereocenters. The number of fused-ring (bicyclic) bond motifs is 1. The summed E-state index contributed by atoms with van der Waals surface area (Å²) in [6.07, 6.45) is -5.59. The number of nitrogens with zero attached hydrogens (tertiary/aromatic N) is 2. The van der Waals surface area contributed by atoms with Crippen LogP contribution in [0.2, 0.25) is 0 Å². The molecule has 2 N–H and O–H groups in total. The SMILES string of the molecule is O=C(ON1C(=O)CCC1=O)C(O)C(O)C(=O)ON1C(=O)CCC2OC21. The van der Waals surface area contributed by atoms with Crippen molar-refractivity contribution in [1.82, 2.24) is 10.1 Å². The molecule has 0 aromatic heterocycles. The molecule has 3 saturated heterocycles. The van der Waals surface area contributed by atoms with Crippen LogP contribution in [0.4, 0.5) is 0 Å². The second-order valence-corrected chi connectivity index (χ2v) is 5.62. The van der Waals surface area contributed by atoms with E-state index in [1.807, 2.05) is 0 Å². The smallest absolute Gasteiger partial charge is 0.364 e. The van der Waals surface area contributed by atoms with E-state index in [0.717, 1.165) is 0 Å². The van der Waals surface area contributed by atoms with Crippen LogP contribution in [0.1, 0.15) is 25.7 Å². The third kappa shape index (κ3) is 3.31. The van der Waals surface area contributed by atoms with Crippen molar-refractivity contribution >= 4 is 29.7 Å². The van der Waals surface area contributed by atoms with Crippen molar-refractivity contribution in [2.45, 2.75) is 50.2 Å². The van der Waals surface area contributed by atoms with Crippen molar-refractivity contribution in [3.05, 3.63) is 0 Å². The van der Waals surface area contributed by atoms with Gasteiger partial charge in [0.25, 0.3) is 17.7 Å². The summed E-state index contributed by atoms with van der Waals surface area (Å²) in [6.45, 7) is 0. The Balaban J connectivity index is 1.55. The molecule has 12 heteroatoms. The van der Waals surface area contributed by atoms with E-state index in [2.05, 4.69) is 9.68 Å². The molecule has 0 aromatic carbocycles. The van der Waals surface area contributed by atoms with Crippen molar-refractivity contribution < 1.29 is 48.6 Å². The van der Waals surface area contributed by atoms with Gasteiger partial charge in [-0.25, -0.2) is 9.59 Å². The lowest BCUT2D eigenvalue weighted by Gasteiger charge is -2.24. The lowest BCUT2D eigenvalue weighted by Crippen LogP contribution is -2.48. The average molecular weight is 358 g/mol. The van der Waals surface area contributed by atoms with Crippen molar-refractivity contribution in [3.63, 3.8) is 0 Å². The number of piperidine rings is 1. The lowest BCUT2D eigenvalue weighted by atomic mass is 10.1. The van der Waals surface area contributed by atoms with Gasteiger partial charge in [-0.2, -0.15) is 0 Å². The number of aliphatic hydroxyl groups is 2. The highest BCUT2D eigenvalue weighted by molar-refractivity contribution is 6.02. The van der Waals surface area contributed by atoms with Crippen molar-refractivity contribution in [1.29, 1.82) is 0 Å². The first-order valence-electron chi connectivity index (χ1n) is 7.42. The standard InChI is InChI=1S/C13H14N2O10/c16-6-3-4-7(17)14(6)24-12(21)9(19)10(20)13(22)25-15-8(18)2-1-5-11(15)23-5/h5,9-11,19-20H,1-4H2. The van der Waals surface area contributed by atoms with Crippen molar-refractivity contribution in [2.24, 2.45) is 0 Å². The molecule has 0 radical (unpaired) electrons. The third-order valence-electron chi connectivity index (χ3n) is 3.83. The Kier molecular flexibility index (Phi) is 4.41. The fraction of sp³-hybridized carbons (Fsp3) is 0.615. The topological polar surface area (TPSA) is 163 Å². The minimum Gasteiger partial charge on any atom is -0.379 e. The number of hydrogen-bond donors (Lipinski definition) is 2. The van der Waals surface area contributed by atoms with E-state index >= 15 is 0 Å². The van der Waals surface area contributed by atoms with E-state index in [0.29, 0.717) is 11.5 Å². The molecule has 0 saturated carbocycles. The van der Waals surface area contributed by atoms with Crippen LogP contribution < -0.4 is 0 Å². The fourth-order valence-corrected chi connectivity index (χ4v) is 2.38. The van der Waals surface area contributed by atoms with E-state index in [1.54, 1.807) is 0 Å². The minimum absolute atomic E-state index is 0.0777. The van der Waals surface area contributed by atoms with Crippen molar-refractivity contribution in [3.8, 4) is 0 Å². The molecule has 3 rings (SSSR count). The van der Waals surface area contributed by atoms with Gasteiger partial charge in [-0.1, -0.05) is 0 Å². The number of rotatable bonds is 5. The molecule has 3 aliphatic rings. The normalized spacial score (nSPS) is 27.7. The Morgan fingerprint density at radius 2 is 1.52 bits per heavy atom. The Morgan fingerprint density at radius 1 is 0.960 bits per heavy atom. The quantitative estimate of drug-likeness (QED) is 0.385. The number of epoxide rings is 1. The highest BCUT2D eigenvalue weighted by atomic mass is 16.8. The second kappa shape index (κ2) is 6.38. The van der Waals surface area contributed by atoms with Gasteiger partial charge in [0.2, 0.25) is 0 Å². The van der Waals surface area contributed by atoms with Gasteiger partial charge in [0.05, 0.1) is 0 Å². The van der Waals surface area contributed by atoms with Crippen LogP contribution >= 0.6 is 0 Å². The molecule has 136 valence electrons. The predicted octanol–water partition coefficient (Wildman–Crippen LogP) is -2.88. The first-order valence-corrected chi connectivity index (χ1v) is 7.42. The Morgan fingerprint density at radius 3 is 2.12 bits per heavy atom. The Labute approximate surface area is 139 Å². The molecule has 3 amide bonds. The van der Waals surface area contributed by atoms with Gasteiger partial charge < -0.3 is 24.6 Å². The zero-order chi connectivity index (χ0) is 18.3. The first-order chi connectivity index (χ1) is 11.8. The van der Waals surface area contributed by atoms with Gasteiger partial charge in [-0.05, 0) is 6.42 Å². The summed E-state index contributed by atoms with van der Waals surface area (Å²) in [5.41, 5.74) is 0. The predicted molar refractivity (Wildman–Crippen MR) is 70.0 cm³/mol. The van der Waals surface area contributed by atoms with Gasteiger partial charge in [0.1, 0.15) is 6.10 Å². The molecule has 25 heavy (non-hydrogen) atoms. The summed E-state index contributed by atoms with van der Waals surface area (Å²) in [7, 11) is 0. The van der Waals surface area contributed by atoms with E-state index in [9.17, 15) is 34.2 Å². The molecule has 0 aromatic rings. The first kappa shape index (κ1) is 17.3. The summed E-state index contributed by atoms with van der Waals surface area (Å²) in [5.74, 6) is -5.23. The highest BCUT2D eigenvalue weighted by Crippen LogP contribution is 2.35. The molecule has 3 fully saturated rings. The Bertz CT molecular complexity index is 633. The number of imide groups is 1. The molecule has 0 aliphatic carbocycles. The fourth-order valence-electron chi connectivity index (χ4n) is 2.38. The molecule has 12 nitrogen and oxygen atoms in total. The van der Waals surface area contributed by atoms with Gasteiger partial charge in [0, 0.05) is 19.3 Å². The largest absolute Gasteiger partial charge is 0.379 e. The minimum atomic E-state index is -2.43. The maximum Gasteiger partial charge on any atom is 0.364 e. The maximum atomic E-state index is 11.8. The number of hydroxylamine groups is 4. The molecule has 0 spiro atoms.